The zero-order valence-electron chi connectivity index (χ0n) is 14.2. The standard InChI is InChI=1S/C23H18ClNO/c24-16-10-11-20-18(13-16)21-17-9-5-4-8-15(17)12-19(21)22(25-20)23(26)14-6-2-1-3-7-14/h1-11,13,19,21-22,25H,12H2/t19-,21+,22-/m0/s1. The van der Waals surface area contributed by atoms with Crippen LogP contribution in [0.15, 0.2) is 72.8 Å². The molecule has 5 rings (SSSR count). The maximum Gasteiger partial charge on any atom is 0.185 e. The van der Waals surface area contributed by atoms with Crippen molar-refractivity contribution in [2.45, 2.75) is 18.4 Å². The lowest BCUT2D eigenvalue weighted by Crippen LogP contribution is -2.42. The van der Waals surface area contributed by atoms with Gasteiger partial charge < -0.3 is 5.32 Å². The number of anilines is 1. The van der Waals surface area contributed by atoms with Crippen molar-refractivity contribution in [3.63, 3.8) is 0 Å². The Hall–Kier alpha value is -2.58. The topological polar surface area (TPSA) is 29.1 Å². The van der Waals surface area contributed by atoms with Gasteiger partial charge in [-0.15, -0.1) is 0 Å². The number of Topliss-reactive ketones (excluding diaryl/α,β-unsaturated/α-hetero) is 1. The lowest BCUT2D eigenvalue weighted by molar-refractivity contribution is 0.0938. The van der Waals surface area contributed by atoms with Gasteiger partial charge in [0.15, 0.2) is 5.78 Å². The fourth-order valence-electron chi connectivity index (χ4n) is 4.57. The maximum absolute atomic E-state index is 13.3. The highest BCUT2D eigenvalue weighted by atomic mass is 35.5. The number of carbonyl (C=O) groups excluding carboxylic acids is 1. The average Bonchev–Trinajstić information content (AvgIpc) is 3.07. The van der Waals surface area contributed by atoms with Gasteiger partial charge >= 0.3 is 0 Å². The highest BCUT2D eigenvalue weighted by Crippen LogP contribution is 2.50. The lowest BCUT2D eigenvalue weighted by Gasteiger charge is -2.37. The number of benzene rings is 3. The summed E-state index contributed by atoms with van der Waals surface area (Å²) in [6.45, 7) is 0. The molecule has 128 valence electrons. The van der Waals surface area contributed by atoms with Crippen LogP contribution in [0, 0.1) is 5.92 Å². The second-order valence-electron chi connectivity index (χ2n) is 7.13. The minimum Gasteiger partial charge on any atom is -0.374 e. The number of hydrogen-bond donors (Lipinski definition) is 1. The first-order valence-electron chi connectivity index (χ1n) is 8.95. The van der Waals surface area contributed by atoms with Gasteiger partial charge in [-0.2, -0.15) is 0 Å². The van der Waals surface area contributed by atoms with Crippen molar-refractivity contribution in [1.29, 1.82) is 0 Å². The first kappa shape index (κ1) is 15.7. The van der Waals surface area contributed by atoms with Gasteiger partial charge in [0.2, 0.25) is 0 Å². The molecular formula is C23H18ClNO. The fourth-order valence-corrected chi connectivity index (χ4v) is 4.75. The van der Waals surface area contributed by atoms with E-state index in [2.05, 4.69) is 29.6 Å². The van der Waals surface area contributed by atoms with Crippen molar-refractivity contribution in [1.82, 2.24) is 0 Å². The molecule has 26 heavy (non-hydrogen) atoms. The third kappa shape index (κ3) is 2.37. The molecule has 2 aliphatic rings. The quantitative estimate of drug-likeness (QED) is 0.627. The Morgan fingerprint density at radius 3 is 2.54 bits per heavy atom. The predicted molar refractivity (Wildman–Crippen MR) is 105 cm³/mol. The monoisotopic (exact) mass is 359 g/mol. The Morgan fingerprint density at radius 2 is 1.69 bits per heavy atom. The van der Waals surface area contributed by atoms with Gasteiger partial charge in [0.1, 0.15) is 0 Å². The van der Waals surface area contributed by atoms with Gasteiger partial charge in [0.05, 0.1) is 6.04 Å². The minimum atomic E-state index is -0.233. The summed E-state index contributed by atoms with van der Waals surface area (Å²) in [7, 11) is 0. The zero-order valence-corrected chi connectivity index (χ0v) is 14.9. The van der Waals surface area contributed by atoms with Crippen molar-refractivity contribution < 1.29 is 4.79 Å². The second-order valence-corrected chi connectivity index (χ2v) is 7.56. The lowest BCUT2D eigenvalue weighted by atomic mass is 9.75. The summed E-state index contributed by atoms with van der Waals surface area (Å²) in [5.74, 6) is 0.568. The summed E-state index contributed by atoms with van der Waals surface area (Å²) >= 11 is 6.29. The summed E-state index contributed by atoms with van der Waals surface area (Å²) in [5, 5.41) is 4.26. The van der Waals surface area contributed by atoms with E-state index >= 15 is 0 Å². The molecule has 0 amide bonds. The Morgan fingerprint density at radius 1 is 0.923 bits per heavy atom. The van der Waals surface area contributed by atoms with E-state index in [0.717, 1.165) is 22.7 Å². The van der Waals surface area contributed by atoms with Crippen LogP contribution in [0.3, 0.4) is 0 Å². The molecule has 1 heterocycles. The van der Waals surface area contributed by atoms with E-state index < -0.39 is 0 Å². The normalized spacial score (nSPS) is 22.7. The molecule has 1 aliphatic heterocycles. The zero-order chi connectivity index (χ0) is 17.7. The molecule has 3 aromatic carbocycles. The summed E-state index contributed by atoms with van der Waals surface area (Å²) in [6.07, 6.45) is 0.906. The molecule has 0 spiro atoms. The molecule has 0 radical (unpaired) electrons. The fraction of sp³-hybridized carbons (Fsp3) is 0.174. The van der Waals surface area contributed by atoms with Crippen molar-refractivity contribution in [2.75, 3.05) is 5.32 Å². The van der Waals surface area contributed by atoms with Crippen LogP contribution in [-0.2, 0) is 6.42 Å². The summed E-state index contributed by atoms with van der Waals surface area (Å²) in [6, 6.07) is 23.8. The largest absolute Gasteiger partial charge is 0.374 e. The van der Waals surface area contributed by atoms with Crippen molar-refractivity contribution >= 4 is 23.1 Å². The van der Waals surface area contributed by atoms with E-state index in [1.54, 1.807) is 0 Å². The van der Waals surface area contributed by atoms with Crippen LogP contribution < -0.4 is 5.32 Å². The van der Waals surface area contributed by atoms with Crippen LogP contribution in [0.4, 0.5) is 5.69 Å². The molecule has 3 atom stereocenters. The predicted octanol–water partition coefficient (Wildman–Crippen LogP) is 5.32. The summed E-state index contributed by atoms with van der Waals surface area (Å²) < 4.78 is 0. The van der Waals surface area contributed by atoms with Gasteiger partial charge in [-0.05, 0) is 41.3 Å². The van der Waals surface area contributed by atoms with E-state index in [4.69, 9.17) is 11.6 Å². The Bertz CT molecular complexity index is 998. The van der Waals surface area contributed by atoms with Crippen LogP contribution in [0.2, 0.25) is 5.02 Å². The molecule has 0 saturated carbocycles. The van der Waals surface area contributed by atoms with Gasteiger partial charge in [0.25, 0.3) is 0 Å². The smallest absolute Gasteiger partial charge is 0.185 e. The number of hydrogen-bond acceptors (Lipinski definition) is 2. The van der Waals surface area contributed by atoms with Crippen molar-refractivity contribution in [3.8, 4) is 0 Å². The SMILES string of the molecule is O=C(c1ccccc1)[C@H]1Nc2ccc(Cl)cc2[C@H]2c3ccccc3C[C@@H]21. The van der Waals surface area contributed by atoms with E-state index in [1.807, 2.05) is 48.5 Å². The molecule has 2 nitrogen and oxygen atoms in total. The molecule has 0 saturated heterocycles. The second kappa shape index (κ2) is 6.00. The van der Waals surface area contributed by atoms with E-state index in [1.165, 1.54) is 16.7 Å². The van der Waals surface area contributed by atoms with Crippen molar-refractivity contribution in [3.05, 3.63) is 100 Å². The van der Waals surface area contributed by atoms with E-state index in [0.29, 0.717) is 0 Å². The maximum atomic E-state index is 13.3. The van der Waals surface area contributed by atoms with Gasteiger partial charge in [-0.25, -0.2) is 0 Å². The Labute approximate surface area is 157 Å². The Balaban J connectivity index is 1.64. The molecule has 1 N–H and O–H groups in total. The first-order valence-corrected chi connectivity index (χ1v) is 9.33. The van der Waals surface area contributed by atoms with Gasteiger partial charge in [-0.3, -0.25) is 4.79 Å². The molecule has 3 aromatic rings. The molecule has 3 heteroatoms. The highest BCUT2D eigenvalue weighted by molar-refractivity contribution is 6.30. The van der Waals surface area contributed by atoms with Gasteiger partial charge in [-0.1, -0.05) is 66.2 Å². The highest BCUT2D eigenvalue weighted by Gasteiger charge is 2.45. The first-order chi connectivity index (χ1) is 12.7. The minimum absolute atomic E-state index is 0.161. The number of ketones is 1. The molecule has 0 aromatic heterocycles. The molecular weight excluding hydrogens is 342 g/mol. The van der Waals surface area contributed by atoms with Crippen LogP contribution >= 0.6 is 11.6 Å². The number of rotatable bonds is 2. The van der Waals surface area contributed by atoms with Crippen LogP contribution in [-0.4, -0.2) is 11.8 Å². The van der Waals surface area contributed by atoms with Gasteiger partial charge in [0, 0.05) is 28.1 Å². The number of halogens is 1. The third-order valence-corrected chi connectivity index (χ3v) is 5.94. The van der Waals surface area contributed by atoms with Crippen LogP contribution in [0.5, 0.6) is 0 Å². The molecule has 1 aliphatic carbocycles. The Kier molecular flexibility index (Phi) is 3.61. The number of fused-ring (bicyclic) bond motifs is 5. The molecule has 0 bridgehead atoms. The number of carbonyl (C=O) groups is 1. The summed E-state index contributed by atoms with van der Waals surface area (Å²) in [5.41, 5.74) is 5.64. The summed E-state index contributed by atoms with van der Waals surface area (Å²) in [4.78, 5) is 13.3. The molecule has 0 unspecified atom stereocenters. The molecule has 0 fully saturated rings. The van der Waals surface area contributed by atoms with Crippen LogP contribution in [0.1, 0.15) is 33.0 Å². The third-order valence-electron chi connectivity index (χ3n) is 5.70. The number of nitrogens with one attached hydrogen (secondary N) is 1. The van der Waals surface area contributed by atoms with Crippen LogP contribution in [0.25, 0.3) is 0 Å². The van der Waals surface area contributed by atoms with E-state index in [-0.39, 0.29) is 23.7 Å². The van der Waals surface area contributed by atoms with E-state index in [9.17, 15) is 4.79 Å². The average molecular weight is 360 g/mol. The van der Waals surface area contributed by atoms with Crippen molar-refractivity contribution in [2.24, 2.45) is 5.92 Å².